The zero-order valence-electron chi connectivity index (χ0n) is 12.9. The molecule has 0 aliphatic heterocycles. The van der Waals surface area contributed by atoms with Gasteiger partial charge in [-0.05, 0) is 43.6 Å². The van der Waals surface area contributed by atoms with E-state index in [1.807, 2.05) is 0 Å². The summed E-state index contributed by atoms with van der Waals surface area (Å²) in [4.78, 5) is 0. The quantitative estimate of drug-likeness (QED) is 0.665. The van der Waals surface area contributed by atoms with Gasteiger partial charge in [0.2, 0.25) is 0 Å². The highest BCUT2D eigenvalue weighted by atomic mass is 16.5. The molecule has 1 rings (SSSR count). The van der Waals surface area contributed by atoms with Crippen LogP contribution in [0.1, 0.15) is 59.8 Å². The third-order valence-electron chi connectivity index (χ3n) is 4.01. The van der Waals surface area contributed by atoms with Crippen LogP contribution in [-0.2, 0) is 4.74 Å². The molecule has 1 fully saturated rings. The Labute approximate surface area is 114 Å². The second-order valence-corrected chi connectivity index (χ2v) is 6.64. The maximum absolute atomic E-state index is 5.60. The number of hydrogen-bond donors (Lipinski definition) is 1. The van der Waals surface area contributed by atoms with Crippen LogP contribution in [0.5, 0.6) is 0 Å². The molecule has 0 amide bonds. The van der Waals surface area contributed by atoms with Gasteiger partial charge < -0.3 is 10.1 Å². The highest BCUT2D eigenvalue weighted by Gasteiger charge is 2.23. The SMILES string of the molecule is CC(C)COCCCNC1CCCC(C(C)C)C1. The van der Waals surface area contributed by atoms with Gasteiger partial charge >= 0.3 is 0 Å². The summed E-state index contributed by atoms with van der Waals surface area (Å²) >= 11 is 0. The minimum absolute atomic E-state index is 0.656. The predicted octanol–water partition coefficient (Wildman–Crippen LogP) is 3.85. The summed E-state index contributed by atoms with van der Waals surface area (Å²) in [7, 11) is 0. The minimum atomic E-state index is 0.656. The molecule has 0 aromatic heterocycles. The van der Waals surface area contributed by atoms with E-state index < -0.39 is 0 Å². The maximum atomic E-state index is 5.60. The molecule has 1 saturated carbocycles. The van der Waals surface area contributed by atoms with Crippen molar-refractivity contribution in [2.75, 3.05) is 19.8 Å². The summed E-state index contributed by atoms with van der Waals surface area (Å²) in [6, 6.07) is 0.760. The molecule has 0 saturated heterocycles. The van der Waals surface area contributed by atoms with Gasteiger partial charge in [0.1, 0.15) is 0 Å². The van der Waals surface area contributed by atoms with E-state index in [0.717, 1.165) is 44.1 Å². The van der Waals surface area contributed by atoms with E-state index in [2.05, 4.69) is 33.0 Å². The molecular formula is C16H33NO. The average molecular weight is 255 g/mol. The van der Waals surface area contributed by atoms with Crippen molar-refractivity contribution in [1.29, 1.82) is 0 Å². The molecule has 18 heavy (non-hydrogen) atoms. The summed E-state index contributed by atoms with van der Waals surface area (Å²) in [5.74, 6) is 2.44. The fourth-order valence-electron chi connectivity index (χ4n) is 2.82. The van der Waals surface area contributed by atoms with Crippen LogP contribution in [-0.4, -0.2) is 25.8 Å². The van der Waals surface area contributed by atoms with Gasteiger partial charge in [0.05, 0.1) is 0 Å². The number of hydrogen-bond acceptors (Lipinski definition) is 2. The van der Waals surface area contributed by atoms with Crippen LogP contribution >= 0.6 is 0 Å². The molecule has 1 N–H and O–H groups in total. The standard InChI is InChI=1S/C16H33NO/c1-13(2)12-18-10-6-9-17-16-8-5-7-15(11-16)14(3)4/h13-17H,5-12H2,1-4H3. The Morgan fingerprint density at radius 1 is 1.17 bits per heavy atom. The lowest BCUT2D eigenvalue weighted by molar-refractivity contribution is 0.106. The third-order valence-corrected chi connectivity index (χ3v) is 4.01. The summed E-state index contributed by atoms with van der Waals surface area (Å²) in [5.41, 5.74) is 0. The van der Waals surface area contributed by atoms with E-state index in [4.69, 9.17) is 4.74 Å². The van der Waals surface area contributed by atoms with Crippen molar-refractivity contribution in [2.24, 2.45) is 17.8 Å². The normalized spacial score (nSPS) is 25.0. The molecule has 1 aliphatic carbocycles. The largest absolute Gasteiger partial charge is 0.381 e. The summed E-state index contributed by atoms with van der Waals surface area (Å²) in [6.45, 7) is 12.1. The molecule has 108 valence electrons. The van der Waals surface area contributed by atoms with Crippen LogP contribution in [0.2, 0.25) is 0 Å². The van der Waals surface area contributed by atoms with Gasteiger partial charge in [-0.15, -0.1) is 0 Å². The second kappa shape index (κ2) is 8.92. The lowest BCUT2D eigenvalue weighted by atomic mass is 9.79. The molecule has 2 heteroatoms. The Hall–Kier alpha value is -0.0800. The third kappa shape index (κ3) is 6.75. The lowest BCUT2D eigenvalue weighted by Crippen LogP contribution is -2.36. The van der Waals surface area contributed by atoms with Crippen molar-refractivity contribution < 1.29 is 4.74 Å². The maximum Gasteiger partial charge on any atom is 0.0489 e. The Morgan fingerprint density at radius 2 is 1.94 bits per heavy atom. The van der Waals surface area contributed by atoms with Gasteiger partial charge in [-0.1, -0.05) is 40.5 Å². The Kier molecular flexibility index (Phi) is 7.92. The fourth-order valence-corrected chi connectivity index (χ4v) is 2.82. The van der Waals surface area contributed by atoms with Gasteiger partial charge in [-0.2, -0.15) is 0 Å². The summed E-state index contributed by atoms with van der Waals surface area (Å²) < 4.78 is 5.60. The molecule has 2 unspecified atom stereocenters. The van der Waals surface area contributed by atoms with Gasteiger partial charge in [-0.25, -0.2) is 0 Å². The topological polar surface area (TPSA) is 21.3 Å². The number of ether oxygens (including phenoxy) is 1. The molecular weight excluding hydrogens is 222 g/mol. The van der Waals surface area contributed by atoms with Crippen LogP contribution in [0.3, 0.4) is 0 Å². The van der Waals surface area contributed by atoms with Crippen LogP contribution in [0.4, 0.5) is 0 Å². The first-order valence-corrected chi connectivity index (χ1v) is 7.90. The lowest BCUT2D eigenvalue weighted by Gasteiger charge is -2.32. The first-order chi connectivity index (χ1) is 8.59. The highest BCUT2D eigenvalue weighted by Crippen LogP contribution is 2.29. The van der Waals surface area contributed by atoms with Crippen molar-refractivity contribution in [2.45, 2.75) is 65.8 Å². The van der Waals surface area contributed by atoms with Crippen molar-refractivity contribution in [3.05, 3.63) is 0 Å². The van der Waals surface area contributed by atoms with E-state index in [9.17, 15) is 0 Å². The van der Waals surface area contributed by atoms with Gasteiger partial charge in [0.25, 0.3) is 0 Å². The minimum Gasteiger partial charge on any atom is -0.381 e. The van der Waals surface area contributed by atoms with Crippen molar-refractivity contribution in [1.82, 2.24) is 5.32 Å². The molecule has 2 nitrogen and oxygen atoms in total. The van der Waals surface area contributed by atoms with E-state index in [1.165, 1.54) is 25.7 Å². The van der Waals surface area contributed by atoms with E-state index in [-0.39, 0.29) is 0 Å². The van der Waals surface area contributed by atoms with Gasteiger partial charge in [-0.3, -0.25) is 0 Å². The summed E-state index contributed by atoms with van der Waals surface area (Å²) in [6.07, 6.45) is 6.74. The Bertz CT molecular complexity index is 203. The molecule has 0 aromatic rings. The molecule has 1 aliphatic rings. The Balaban J connectivity index is 2.01. The van der Waals surface area contributed by atoms with E-state index >= 15 is 0 Å². The van der Waals surface area contributed by atoms with Crippen molar-refractivity contribution in [3.8, 4) is 0 Å². The first kappa shape index (κ1) is 16.0. The number of rotatable bonds is 8. The van der Waals surface area contributed by atoms with Gasteiger partial charge in [0.15, 0.2) is 0 Å². The van der Waals surface area contributed by atoms with E-state index in [1.54, 1.807) is 0 Å². The monoisotopic (exact) mass is 255 g/mol. The highest BCUT2D eigenvalue weighted by molar-refractivity contribution is 4.79. The van der Waals surface area contributed by atoms with Crippen LogP contribution in [0, 0.1) is 17.8 Å². The van der Waals surface area contributed by atoms with Crippen LogP contribution in [0.15, 0.2) is 0 Å². The molecule has 0 bridgehead atoms. The van der Waals surface area contributed by atoms with E-state index in [0.29, 0.717) is 5.92 Å². The molecule has 0 aromatic carbocycles. The molecule has 2 atom stereocenters. The molecule has 0 radical (unpaired) electrons. The Morgan fingerprint density at radius 3 is 2.61 bits per heavy atom. The molecule has 0 spiro atoms. The first-order valence-electron chi connectivity index (χ1n) is 7.90. The predicted molar refractivity (Wildman–Crippen MR) is 78.9 cm³/mol. The fraction of sp³-hybridized carbons (Fsp3) is 1.00. The zero-order chi connectivity index (χ0) is 13.4. The number of nitrogens with one attached hydrogen (secondary N) is 1. The zero-order valence-corrected chi connectivity index (χ0v) is 12.9. The second-order valence-electron chi connectivity index (χ2n) is 6.64. The van der Waals surface area contributed by atoms with Crippen LogP contribution < -0.4 is 5.32 Å². The van der Waals surface area contributed by atoms with Crippen LogP contribution in [0.25, 0.3) is 0 Å². The summed E-state index contributed by atoms with van der Waals surface area (Å²) in [5, 5.41) is 3.71. The van der Waals surface area contributed by atoms with Crippen molar-refractivity contribution in [3.63, 3.8) is 0 Å². The van der Waals surface area contributed by atoms with Gasteiger partial charge in [0, 0.05) is 19.3 Å². The average Bonchev–Trinajstić information content (AvgIpc) is 2.33. The molecule has 0 heterocycles. The van der Waals surface area contributed by atoms with Crippen molar-refractivity contribution >= 4 is 0 Å². The smallest absolute Gasteiger partial charge is 0.0489 e.